The van der Waals surface area contributed by atoms with E-state index >= 15 is 0 Å². The lowest BCUT2D eigenvalue weighted by Gasteiger charge is -2.71. The van der Waals surface area contributed by atoms with E-state index in [4.69, 9.17) is 0 Å². The first kappa shape index (κ1) is 7.47. The highest BCUT2D eigenvalue weighted by atomic mass is 19.3. The summed E-state index contributed by atoms with van der Waals surface area (Å²) in [5, 5.41) is 3.20. The van der Waals surface area contributed by atoms with Crippen LogP contribution in [0.2, 0.25) is 0 Å². The summed E-state index contributed by atoms with van der Waals surface area (Å²) in [5.41, 5.74) is 0.312. The summed E-state index contributed by atoms with van der Waals surface area (Å²) >= 11 is 0. The molecule has 0 unspecified atom stereocenters. The summed E-state index contributed by atoms with van der Waals surface area (Å²) in [6.07, 6.45) is 0.934. The third-order valence-electron chi connectivity index (χ3n) is 3.26. The van der Waals surface area contributed by atoms with Crippen LogP contribution in [0.3, 0.4) is 0 Å². The van der Waals surface area contributed by atoms with Gasteiger partial charge in [-0.15, -0.1) is 0 Å². The van der Waals surface area contributed by atoms with Crippen LogP contribution < -0.4 is 5.32 Å². The van der Waals surface area contributed by atoms with Crippen LogP contribution in [0.15, 0.2) is 0 Å². The molecule has 0 saturated heterocycles. The monoisotopic (exact) mass is 161 g/mol. The zero-order valence-corrected chi connectivity index (χ0v) is 6.66. The summed E-state index contributed by atoms with van der Waals surface area (Å²) in [6.45, 7) is 0. The molecule has 3 rings (SSSR count). The lowest BCUT2D eigenvalue weighted by atomic mass is 9.38. The normalized spacial score (nSPS) is 46.9. The van der Waals surface area contributed by atoms with Gasteiger partial charge in [0.25, 0.3) is 0 Å². The zero-order chi connectivity index (χ0) is 8.11. The van der Waals surface area contributed by atoms with Crippen molar-refractivity contribution < 1.29 is 8.78 Å². The SMILES string of the molecule is CNC12CC(CC(F)F)(C1)C2. The molecule has 3 saturated carbocycles. The van der Waals surface area contributed by atoms with E-state index < -0.39 is 6.43 Å². The predicted molar refractivity (Wildman–Crippen MR) is 38.7 cm³/mol. The summed E-state index contributed by atoms with van der Waals surface area (Å²) < 4.78 is 24.0. The molecule has 11 heavy (non-hydrogen) atoms. The van der Waals surface area contributed by atoms with Crippen LogP contribution in [0.4, 0.5) is 8.78 Å². The number of rotatable bonds is 3. The number of hydrogen-bond acceptors (Lipinski definition) is 1. The molecule has 3 heteroatoms. The van der Waals surface area contributed by atoms with E-state index in [-0.39, 0.29) is 17.4 Å². The first-order valence-corrected chi connectivity index (χ1v) is 4.07. The fraction of sp³-hybridized carbons (Fsp3) is 1.00. The van der Waals surface area contributed by atoms with Gasteiger partial charge < -0.3 is 5.32 Å². The maximum absolute atomic E-state index is 12.0. The molecule has 3 aliphatic carbocycles. The largest absolute Gasteiger partial charge is 0.314 e. The van der Waals surface area contributed by atoms with E-state index in [1.165, 1.54) is 0 Å². The van der Waals surface area contributed by atoms with Gasteiger partial charge in [-0.1, -0.05) is 0 Å². The highest BCUT2D eigenvalue weighted by molar-refractivity contribution is 5.22. The molecular formula is C8H13F2N. The van der Waals surface area contributed by atoms with Crippen LogP contribution in [0.5, 0.6) is 0 Å². The van der Waals surface area contributed by atoms with Crippen LogP contribution in [0, 0.1) is 5.41 Å². The van der Waals surface area contributed by atoms with Gasteiger partial charge in [-0.05, 0) is 31.7 Å². The number of nitrogens with one attached hydrogen (secondary N) is 1. The van der Waals surface area contributed by atoms with Gasteiger partial charge in [0.05, 0.1) is 0 Å². The van der Waals surface area contributed by atoms with E-state index in [0.717, 1.165) is 19.3 Å². The minimum Gasteiger partial charge on any atom is -0.314 e. The molecule has 0 aromatic rings. The van der Waals surface area contributed by atoms with Gasteiger partial charge in [-0.2, -0.15) is 0 Å². The fourth-order valence-corrected chi connectivity index (χ4v) is 2.81. The number of halogens is 2. The van der Waals surface area contributed by atoms with E-state index in [0.29, 0.717) is 0 Å². The molecule has 2 bridgehead atoms. The van der Waals surface area contributed by atoms with Crippen molar-refractivity contribution in [2.45, 2.75) is 37.6 Å². The molecule has 3 aliphatic rings. The van der Waals surface area contributed by atoms with Crippen LogP contribution >= 0.6 is 0 Å². The van der Waals surface area contributed by atoms with E-state index in [9.17, 15) is 8.78 Å². The molecule has 0 aliphatic heterocycles. The van der Waals surface area contributed by atoms with E-state index in [2.05, 4.69) is 5.32 Å². The van der Waals surface area contributed by atoms with Crippen LogP contribution in [-0.4, -0.2) is 19.0 Å². The third-order valence-corrected chi connectivity index (χ3v) is 3.26. The lowest BCUT2D eigenvalue weighted by molar-refractivity contribution is -0.174. The Morgan fingerprint density at radius 2 is 1.91 bits per heavy atom. The van der Waals surface area contributed by atoms with Gasteiger partial charge in [0, 0.05) is 12.0 Å². The van der Waals surface area contributed by atoms with Crippen molar-refractivity contribution >= 4 is 0 Å². The van der Waals surface area contributed by atoms with Gasteiger partial charge in [0.2, 0.25) is 6.43 Å². The second kappa shape index (κ2) is 1.94. The van der Waals surface area contributed by atoms with Gasteiger partial charge >= 0.3 is 0 Å². The molecule has 0 aromatic carbocycles. The highest BCUT2D eigenvalue weighted by Gasteiger charge is 2.67. The predicted octanol–water partition coefficient (Wildman–Crippen LogP) is 1.78. The number of hydrogen-bond donors (Lipinski definition) is 1. The molecular weight excluding hydrogens is 148 g/mol. The third kappa shape index (κ3) is 0.901. The Balaban J connectivity index is 1.85. The lowest BCUT2D eigenvalue weighted by Crippen LogP contribution is -2.73. The van der Waals surface area contributed by atoms with Crippen molar-refractivity contribution in [2.75, 3.05) is 7.05 Å². The Kier molecular flexibility index (Phi) is 1.32. The molecule has 1 nitrogen and oxygen atoms in total. The maximum Gasteiger partial charge on any atom is 0.239 e. The van der Waals surface area contributed by atoms with Crippen molar-refractivity contribution in [2.24, 2.45) is 5.41 Å². The fourth-order valence-electron chi connectivity index (χ4n) is 2.81. The Morgan fingerprint density at radius 1 is 1.36 bits per heavy atom. The molecule has 3 fully saturated rings. The second-order valence-corrected chi connectivity index (χ2v) is 4.16. The van der Waals surface area contributed by atoms with Gasteiger partial charge in [-0.25, -0.2) is 8.78 Å². The zero-order valence-electron chi connectivity index (χ0n) is 6.66. The highest BCUT2D eigenvalue weighted by Crippen LogP contribution is 2.69. The Morgan fingerprint density at radius 3 is 2.27 bits per heavy atom. The summed E-state index contributed by atoms with van der Waals surface area (Å²) in [7, 11) is 1.92. The quantitative estimate of drug-likeness (QED) is 0.665. The summed E-state index contributed by atoms with van der Waals surface area (Å²) in [5.74, 6) is 0. The first-order valence-electron chi connectivity index (χ1n) is 4.07. The van der Waals surface area contributed by atoms with E-state index in [1.54, 1.807) is 0 Å². The van der Waals surface area contributed by atoms with Crippen molar-refractivity contribution in [3.63, 3.8) is 0 Å². The first-order chi connectivity index (χ1) is 5.10. The minimum absolute atomic E-state index is 0.0389. The molecule has 0 amide bonds. The minimum atomic E-state index is -2.11. The maximum atomic E-state index is 12.0. The van der Waals surface area contributed by atoms with Crippen molar-refractivity contribution in [3.05, 3.63) is 0 Å². The number of alkyl halides is 2. The van der Waals surface area contributed by atoms with Gasteiger partial charge in [0.1, 0.15) is 0 Å². The molecule has 0 atom stereocenters. The molecule has 0 radical (unpaired) electrons. The van der Waals surface area contributed by atoms with Gasteiger partial charge in [0.15, 0.2) is 0 Å². The van der Waals surface area contributed by atoms with Crippen LogP contribution in [-0.2, 0) is 0 Å². The second-order valence-electron chi connectivity index (χ2n) is 4.16. The Labute approximate surface area is 65.2 Å². The standard InChI is InChI=1S/C8H13F2N/c1-11-8-3-7(4-8,5-8)2-6(9)10/h6,11H,2-5H2,1H3. The molecule has 0 aromatic heterocycles. The Bertz CT molecular complexity index is 159. The topological polar surface area (TPSA) is 12.0 Å². The molecule has 64 valence electrons. The van der Waals surface area contributed by atoms with Crippen molar-refractivity contribution in [3.8, 4) is 0 Å². The average Bonchev–Trinajstić information content (AvgIpc) is 1.74. The summed E-state index contributed by atoms with van der Waals surface area (Å²) in [4.78, 5) is 0. The molecule has 0 spiro atoms. The molecule has 0 heterocycles. The van der Waals surface area contributed by atoms with Crippen LogP contribution in [0.1, 0.15) is 25.7 Å². The average molecular weight is 161 g/mol. The van der Waals surface area contributed by atoms with Crippen molar-refractivity contribution in [1.82, 2.24) is 5.32 Å². The van der Waals surface area contributed by atoms with E-state index in [1.807, 2.05) is 7.05 Å². The smallest absolute Gasteiger partial charge is 0.239 e. The molecule has 1 N–H and O–H groups in total. The summed E-state index contributed by atoms with van der Waals surface area (Å²) in [6, 6.07) is 0. The van der Waals surface area contributed by atoms with Gasteiger partial charge in [-0.3, -0.25) is 0 Å². The van der Waals surface area contributed by atoms with Crippen LogP contribution in [0.25, 0.3) is 0 Å². The Hall–Kier alpha value is -0.180. The van der Waals surface area contributed by atoms with Crippen molar-refractivity contribution in [1.29, 1.82) is 0 Å².